The first-order valence-electron chi connectivity index (χ1n) is 15.2. The molecule has 4 rings (SSSR count). The van der Waals surface area contributed by atoms with Gasteiger partial charge in [0, 0.05) is 19.0 Å². The number of amides is 2. The lowest BCUT2D eigenvalue weighted by atomic mass is 9.87. The van der Waals surface area contributed by atoms with E-state index in [1.165, 1.54) is 0 Å². The van der Waals surface area contributed by atoms with Gasteiger partial charge in [0.2, 0.25) is 21.8 Å². The largest absolute Gasteiger partial charge is 0.352 e. The molecule has 1 unspecified atom stereocenters. The lowest BCUT2D eigenvalue weighted by Gasteiger charge is -2.35. The Bertz CT molecular complexity index is 1450. The van der Waals surface area contributed by atoms with Gasteiger partial charge in [0.05, 0.1) is 11.9 Å². The van der Waals surface area contributed by atoms with E-state index in [2.05, 4.69) is 26.1 Å². The van der Waals surface area contributed by atoms with E-state index in [4.69, 9.17) is 0 Å². The van der Waals surface area contributed by atoms with Gasteiger partial charge in [0.25, 0.3) is 0 Å². The van der Waals surface area contributed by atoms with Gasteiger partial charge in [-0.05, 0) is 47.1 Å². The average Bonchev–Trinajstić information content (AvgIpc) is 2.98. The number of carbonyl (C=O) groups excluding carboxylic acids is 2. The predicted octanol–water partition coefficient (Wildman–Crippen LogP) is 5.84. The molecule has 0 aliphatic heterocycles. The predicted molar refractivity (Wildman–Crippen MR) is 173 cm³/mol. The van der Waals surface area contributed by atoms with Crippen LogP contribution in [0.25, 0.3) is 0 Å². The van der Waals surface area contributed by atoms with Crippen molar-refractivity contribution in [2.75, 3.05) is 17.1 Å². The van der Waals surface area contributed by atoms with Crippen molar-refractivity contribution in [3.8, 4) is 0 Å². The molecular weight excluding hydrogens is 558 g/mol. The van der Waals surface area contributed by atoms with E-state index in [-0.39, 0.29) is 23.9 Å². The van der Waals surface area contributed by atoms with Crippen molar-refractivity contribution in [1.82, 2.24) is 10.2 Å². The third-order valence-electron chi connectivity index (χ3n) is 8.12. The fraction of sp³-hybridized carbons (Fsp3) is 0.429. The summed E-state index contributed by atoms with van der Waals surface area (Å²) >= 11 is 0. The zero-order valence-corrected chi connectivity index (χ0v) is 26.6. The standard InChI is InChI=1S/C35H45N3O4S/c1-35(2,3)29-20-22-31(23-21-29)38(43(4,41)42)26-33(39)37(25-28-16-10-6-11-17-28)32(24-27-14-8-5-9-15-27)34(40)36-30-18-12-7-13-19-30/h5-6,8-11,14-17,20-23,30,32H,7,12-13,18-19,24-26H2,1-4H3,(H,36,40). The van der Waals surface area contributed by atoms with Crippen molar-refractivity contribution < 1.29 is 18.0 Å². The first-order valence-corrected chi connectivity index (χ1v) is 17.0. The highest BCUT2D eigenvalue weighted by Crippen LogP contribution is 2.27. The molecule has 2 amide bonds. The summed E-state index contributed by atoms with van der Waals surface area (Å²) in [6.45, 7) is 6.03. The lowest BCUT2D eigenvalue weighted by molar-refractivity contribution is -0.140. The van der Waals surface area contributed by atoms with E-state index in [1.807, 2.05) is 72.8 Å². The van der Waals surface area contributed by atoms with E-state index < -0.39 is 28.5 Å². The van der Waals surface area contributed by atoms with Crippen LogP contribution in [0.3, 0.4) is 0 Å². The molecule has 1 fully saturated rings. The first kappa shape index (κ1) is 32.3. The van der Waals surface area contributed by atoms with Crippen LogP contribution < -0.4 is 9.62 Å². The Balaban J connectivity index is 1.70. The highest BCUT2D eigenvalue weighted by Gasteiger charge is 2.34. The summed E-state index contributed by atoms with van der Waals surface area (Å²) < 4.78 is 27.3. The second-order valence-corrected chi connectivity index (χ2v) is 14.5. The second-order valence-electron chi connectivity index (χ2n) is 12.6. The number of anilines is 1. The van der Waals surface area contributed by atoms with Crippen molar-refractivity contribution in [3.05, 3.63) is 102 Å². The molecule has 230 valence electrons. The monoisotopic (exact) mass is 603 g/mol. The smallest absolute Gasteiger partial charge is 0.244 e. The Morgan fingerprint density at radius 3 is 1.93 bits per heavy atom. The molecule has 0 saturated heterocycles. The molecule has 1 saturated carbocycles. The van der Waals surface area contributed by atoms with Crippen molar-refractivity contribution in [1.29, 1.82) is 0 Å². The summed E-state index contributed by atoms with van der Waals surface area (Å²) in [4.78, 5) is 29.8. The summed E-state index contributed by atoms with van der Waals surface area (Å²) in [7, 11) is -3.81. The topological polar surface area (TPSA) is 86.8 Å². The molecule has 3 aromatic rings. The van der Waals surface area contributed by atoms with Crippen LogP contribution >= 0.6 is 0 Å². The van der Waals surface area contributed by atoms with E-state index >= 15 is 0 Å². The van der Waals surface area contributed by atoms with Crippen LogP contribution in [0.15, 0.2) is 84.9 Å². The molecule has 0 aromatic heterocycles. The van der Waals surface area contributed by atoms with Crippen LogP contribution in [0.4, 0.5) is 5.69 Å². The Kier molecular flexibility index (Phi) is 10.7. The van der Waals surface area contributed by atoms with Crippen LogP contribution in [0.2, 0.25) is 0 Å². The summed E-state index contributed by atoms with van der Waals surface area (Å²) in [6.07, 6.45) is 6.56. The number of nitrogens with one attached hydrogen (secondary N) is 1. The second kappa shape index (κ2) is 14.2. The highest BCUT2D eigenvalue weighted by atomic mass is 32.2. The van der Waals surface area contributed by atoms with E-state index in [0.29, 0.717) is 12.1 Å². The first-order chi connectivity index (χ1) is 20.4. The number of benzene rings is 3. The summed E-state index contributed by atoms with van der Waals surface area (Å²) in [5.74, 6) is -0.644. The molecule has 7 nitrogen and oxygen atoms in total. The molecular formula is C35H45N3O4S. The van der Waals surface area contributed by atoms with Gasteiger partial charge < -0.3 is 10.2 Å². The molecule has 1 aliphatic carbocycles. The van der Waals surface area contributed by atoms with E-state index in [1.54, 1.807) is 17.0 Å². The Morgan fingerprint density at radius 2 is 1.40 bits per heavy atom. The van der Waals surface area contributed by atoms with Gasteiger partial charge >= 0.3 is 0 Å². The third-order valence-corrected chi connectivity index (χ3v) is 9.26. The van der Waals surface area contributed by atoms with Crippen LogP contribution in [0, 0.1) is 0 Å². The maximum atomic E-state index is 14.3. The fourth-order valence-corrected chi connectivity index (χ4v) is 6.47. The maximum Gasteiger partial charge on any atom is 0.244 e. The molecule has 1 atom stereocenters. The summed E-state index contributed by atoms with van der Waals surface area (Å²) in [6, 6.07) is 25.7. The zero-order valence-electron chi connectivity index (χ0n) is 25.8. The highest BCUT2D eigenvalue weighted by molar-refractivity contribution is 7.92. The van der Waals surface area contributed by atoms with Crippen molar-refractivity contribution >= 4 is 27.5 Å². The fourth-order valence-electron chi connectivity index (χ4n) is 5.62. The minimum atomic E-state index is -3.81. The molecule has 43 heavy (non-hydrogen) atoms. The maximum absolute atomic E-state index is 14.3. The minimum absolute atomic E-state index is 0.0713. The van der Waals surface area contributed by atoms with Gasteiger partial charge in [0.1, 0.15) is 12.6 Å². The van der Waals surface area contributed by atoms with Crippen LogP contribution in [0.5, 0.6) is 0 Å². The third kappa shape index (κ3) is 9.17. The molecule has 1 aliphatic rings. The number of sulfonamides is 1. The van der Waals surface area contributed by atoms with E-state index in [9.17, 15) is 18.0 Å². The normalized spacial score (nSPS) is 15.0. The van der Waals surface area contributed by atoms with Gasteiger partial charge in [-0.25, -0.2) is 8.42 Å². The molecule has 8 heteroatoms. The van der Waals surface area contributed by atoms with Gasteiger partial charge in [0.15, 0.2) is 0 Å². The van der Waals surface area contributed by atoms with Gasteiger partial charge in [-0.2, -0.15) is 0 Å². The zero-order chi connectivity index (χ0) is 31.0. The number of rotatable bonds is 11. The van der Waals surface area contributed by atoms with Crippen molar-refractivity contribution in [3.63, 3.8) is 0 Å². The van der Waals surface area contributed by atoms with Crippen molar-refractivity contribution in [2.45, 2.75) is 83.3 Å². The van der Waals surface area contributed by atoms with Crippen LogP contribution in [0.1, 0.15) is 69.6 Å². The van der Waals surface area contributed by atoms with E-state index in [0.717, 1.165) is 59.4 Å². The summed E-state index contributed by atoms with van der Waals surface area (Å²) in [5, 5.41) is 3.23. The molecule has 3 aromatic carbocycles. The molecule has 0 bridgehead atoms. The Hall–Kier alpha value is -3.65. The van der Waals surface area contributed by atoms with Gasteiger partial charge in [-0.3, -0.25) is 13.9 Å². The number of nitrogens with zero attached hydrogens (tertiary/aromatic N) is 2. The van der Waals surface area contributed by atoms with Gasteiger partial charge in [-0.1, -0.05) is 113 Å². The number of carbonyl (C=O) groups is 2. The Labute approximate surface area is 257 Å². The summed E-state index contributed by atoms with van der Waals surface area (Å²) in [5.41, 5.74) is 3.15. The van der Waals surface area contributed by atoms with Gasteiger partial charge in [-0.15, -0.1) is 0 Å². The van der Waals surface area contributed by atoms with Crippen LogP contribution in [-0.4, -0.2) is 50.0 Å². The number of hydrogen-bond acceptors (Lipinski definition) is 4. The van der Waals surface area contributed by atoms with Crippen LogP contribution in [-0.2, 0) is 38.0 Å². The Morgan fingerprint density at radius 1 is 0.837 bits per heavy atom. The molecule has 1 N–H and O–H groups in total. The molecule has 0 spiro atoms. The molecule has 0 radical (unpaired) electrons. The number of hydrogen-bond donors (Lipinski definition) is 1. The van der Waals surface area contributed by atoms with Crippen molar-refractivity contribution in [2.24, 2.45) is 0 Å². The average molecular weight is 604 g/mol. The lowest BCUT2D eigenvalue weighted by Crippen LogP contribution is -2.55. The quantitative estimate of drug-likeness (QED) is 0.298. The minimum Gasteiger partial charge on any atom is -0.352 e. The molecule has 0 heterocycles. The SMILES string of the molecule is CC(C)(C)c1ccc(N(CC(=O)N(Cc2ccccc2)C(Cc2ccccc2)C(=O)NC2CCCCC2)S(C)(=O)=O)cc1.